The molecule has 0 radical (unpaired) electrons. The van der Waals surface area contributed by atoms with Gasteiger partial charge in [0.25, 0.3) is 0 Å². The number of nitrogens with zero attached hydrogens (tertiary/aromatic N) is 1. The van der Waals surface area contributed by atoms with E-state index >= 15 is 0 Å². The van der Waals surface area contributed by atoms with Crippen LogP contribution in [0.5, 0.6) is 0 Å². The van der Waals surface area contributed by atoms with Gasteiger partial charge < -0.3 is 14.4 Å². The Morgan fingerprint density at radius 3 is 2.47 bits per heavy atom. The van der Waals surface area contributed by atoms with Crippen molar-refractivity contribution in [1.82, 2.24) is 5.06 Å². The number of carbonyl (C=O) groups excluding carboxylic acids is 1. The second-order valence-corrected chi connectivity index (χ2v) is 5.17. The molecule has 1 atom stereocenters. The Kier molecular flexibility index (Phi) is 6.59. The minimum Gasteiger partial charge on any atom is -0.779 e. The Labute approximate surface area is 110 Å². The Morgan fingerprint density at radius 1 is 1.53 bits per heavy atom. The molecule has 6 nitrogen and oxygen atoms in total. The maximum Gasteiger partial charge on any atom is 1.00 e. The average Bonchev–Trinajstić information content (AvgIpc) is 2.82. The van der Waals surface area contributed by atoms with Crippen LogP contribution in [0, 0.1) is 5.92 Å². The van der Waals surface area contributed by atoms with Crippen molar-refractivity contribution >= 4 is 13.5 Å². The molecule has 1 aliphatic rings. The molecule has 1 aliphatic carbocycles. The van der Waals surface area contributed by atoms with Gasteiger partial charge in [0.1, 0.15) is 7.60 Å². The molecule has 0 aromatic heterocycles. The van der Waals surface area contributed by atoms with Crippen LogP contribution in [0.1, 0.15) is 19.3 Å². The first-order chi connectivity index (χ1) is 6.40. The number of amides is 1. The van der Waals surface area contributed by atoms with Crippen LogP contribution in [0.4, 0.5) is 0 Å². The number of hydroxylamine groups is 2. The van der Waals surface area contributed by atoms with E-state index in [1.165, 1.54) is 0 Å². The van der Waals surface area contributed by atoms with Gasteiger partial charge in [0, 0.05) is 18.6 Å². The van der Waals surface area contributed by atoms with Crippen molar-refractivity contribution in [1.29, 1.82) is 0 Å². The van der Waals surface area contributed by atoms with Gasteiger partial charge >= 0.3 is 29.6 Å². The van der Waals surface area contributed by atoms with Crippen LogP contribution in [0.2, 0.25) is 0 Å². The predicted octanol–water partition coefficient (Wildman–Crippen LogP) is -3.45. The van der Waals surface area contributed by atoms with Crippen LogP contribution in [0.25, 0.3) is 0 Å². The van der Waals surface area contributed by atoms with Gasteiger partial charge in [-0.25, -0.2) is 5.06 Å². The summed E-state index contributed by atoms with van der Waals surface area (Å²) < 4.78 is 10.3. The maximum absolute atomic E-state index is 11.1. The molecule has 0 spiro atoms. The van der Waals surface area contributed by atoms with Gasteiger partial charge in [-0.3, -0.25) is 10.0 Å². The largest absolute Gasteiger partial charge is 1.00 e. The van der Waals surface area contributed by atoms with Crippen LogP contribution in [-0.2, 0) is 9.36 Å². The van der Waals surface area contributed by atoms with Crippen molar-refractivity contribution in [3.8, 4) is 0 Å². The summed E-state index contributed by atoms with van der Waals surface area (Å²) in [5.74, 6) is -0.447. The maximum atomic E-state index is 11.1. The second-order valence-electron chi connectivity index (χ2n) is 3.45. The van der Waals surface area contributed by atoms with E-state index in [-0.39, 0.29) is 54.3 Å². The van der Waals surface area contributed by atoms with Crippen LogP contribution < -0.4 is 34.5 Å². The fraction of sp³-hybridized carbons (Fsp3) is 0.857. The monoisotopic (exact) mass is 245 g/mol. The van der Waals surface area contributed by atoms with Crippen LogP contribution >= 0.6 is 7.60 Å². The topological polar surface area (TPSA) is 101 Å². The average molecular weight is 245 g/mol. The molecule has 1 unspecified atom stereocenters. The van der Waals surface area contributed by atoms with Gasteiger partial charge in [0.05, 0.1) is 0 Å². The normalized spacial score (nSPS) is 18.9. The molecule has 2 N–H and O–H groups in total. The van der Waals surface area contributed by atoms with Gasteiger partial charge in [-0.15, -0.1) is 0 Å². The van der Waals surface area contributed by atoms with E-state index < -0.39 is 13.8 Å². The third kappa shape index (κ3) is 6.68. The zero-order chi connectivity index (χ0) is 10.8. The number of rotatable bonds is 5. The van der Waals surface area contributed by atoms with Crippen molar-refractivity contribution in [3.05, 3.63) is 0 Å². The Morgan fingerprint density at radius 2 is 2.07 bits per heavy atom. The summed E-state index contributed by atoms with van der Waals surface area (Å²) in [7, 11) is -4.26. The smallest absolute Gasteiger partial charge is 0.779 e. The van der Waals surface area contributed by atoms with E-state index in [1.54, 1.807) is 0 Å². The van der Waals surface area contributed by atoms with Gasteiger partial charge in [-0.2, -0.15) is 0 Å². The van der Waals surface area contributed by atoms with E-state index in [4.69, 9.17) is 10.1 Å². The summed E-state index contributed by atoms with van der Waals surface area (Å²) in [5.41, 5.74) is 0. The Bertz CT molecular complexity index is 264. The molecule has 0 aromatic rings. The molecule has 1 rings (SSSR count). The molecule has 0 saturated heterocycles. The molecule has 1 fully saturated rings. The first kappa shape index (κ1) is 15.6. The molecule has 0 heterocycles. The first-order valence-electron chi connectivity index (χ1n) is 4.43. The van der Waals surface area contributed by atoms with Crippen LogP contribution in [0.3, 0.4) is 0 Å². The second kappa shape index (κ2) is 6.35. The summed E-state index contributed by atoms with van der Waals surface area (Å²) in [6.45, 7) is -0.0534. The van der Waals surface area contributed by atoms with E-state index in [0.29, 0.717) is 5.06 Å². The van der Waals surface area contributed by atoms with Gasteiger partial charge in [0.2, 0.25) is 5.91 Å². The third-order valence-electron chi connectivity index (χ3n) is 1.99. The zero-order valence-corrected chi connectivity index (χ0v) is 11.5. The number of hydrogen-bond donors (Lipinski definition) is 2. The quantitative estimate of drug-likeness (QED) is 0.227. The summed E-state index contributed by atoms with van der Waals surface area (Å²) in [4.78, 5) is 29.9. The predicted molar refractivity (Wildman–Crippen MR) is 45.5 cm³/mol. The fourth-order valence-electron chi connectivity index (χ4n) is 1.07. The minimum atomic E-state index is -4.26. The standard InChI is InChI=1S/C7H14NO5P.Na/c9-7(6-2-3-6)8(10)4-1-5-14(11,12)13;/h6,10H,1-5H2,(H2,11,12,13);/q;+1/p-1. The number of carbonyl (C=O) groups is 1. The van der Waals surface area contributed by atoms with Crippen molar-refractivity contribution in [3.63, 3.8) is 0 Å². The van der Waals surface area contributed by atoms with Gasteiger partial charge in [-0.1, -0.05) is 0 Å². The van der Waals surface area contributed by atoms with Crippen LogP contribution in [0.15, 0.2) is 0 Å². The van der Waals surface area contributed by atoms with E-state index in [9.17, 15) is 14.3 Å². The molecule has 8 heteroatoms. The molecular weight excluding hydrogens is 232 g/mol. The van der Waals surface area contributed by atoms with E-state index in [2.05, 4.69) is 0 Å². The Balaban J connectivity index is 0.00000196. The summed E-state index contributed by atoms with van der Waals surface area (Å²) >= 11 is 0. The SMILES string of the molecule is O=C(C1CC1)N(O)CCCP(=O)([O-])O.[Na+]. The minimum absolute atomic E-state index is 0. The first-order valence-corrected chi connectivity index (χ1v) is 6.19. The zero-order valence-electron chi connectivity index (χ0n) is 8.63. The van der Waals surface area contributed by atoms with Crippen molar-refractivity contribution in [2.75, 3.05) is 12.7 Å². The molecule has 0 bridgehead atoms. The van der Waals surface area contributed by atoms with E-state index in [1.807, 2.05) is 0 Å². The summed E-state index contributed by atoms with van der Waals surface area (Å²) in [5, 5.41) is 9.67. The number of hydrogen-bond acceptors (Lipinski definition) is 4. The van der Waals surface area contributed by atoms with Gasteiger partial charge in [0.15, 0.2) is 0 Å². The van der Waals surface area contributed by atoms with Gasteiger partial charge in [-0.05, 0) is 19.3 Å². The molecule has 1 amide bonds. The third-order valence-corrected chi connectivity index (χ3v) is 2.87. The Hall–Kier alpha value is 0.580. The van der Waals surface area contributed by atoms with E-state index in [0.717, 1.165) is 12.8 Å². The summed E-state index contributed by atoms with van der Waals surface area (Å²) in [6, 6.07) is 0. The molecule has 0 aliphatic heterocycles. The molecule has 82 valence electrons. The molecule has 1 saturated carbocycles. The van der Waals surface area contributed by atoms with Crippen molar-refractivity contribution in [2.45, 2.75) is 19.3 Å². The van der Waals surface area contributed by atoms with Crippen molar-refractivity contribution < 1.29 is 53.9 Å². The van der Waals surface area contributed by atoms with Crippen LogP contribution in [-0.4, -0.2) is 33.8 Å². The fourth-order valence-corrected chi connectivity index (χ4v) is 1.61. The van der Waals surface area contributed by atoms with Crippen molar-refractivity contribution in [2.24, 2.45) is 5.92 Å². The molecule has 0 aromatic carbocycles. The molecular formula is C7H13NNaO5P. The molecule has 15 heavy (non-hydrogen) atoms. The summed E-state index contributed by atoms with van der Waals surface area (Å²) in [6.07, 6.45) is 1.21.